The second-order valence-corrected chi connectivity index (χ2v) is 4.92. The summed E-state index contributed by atoms with van der Waals surface area (Å²) >= 11 is 0. The van der Waals surface area contributed by atoms with E-state index < -0.39 is 0 Å². The molecule has 90 valence electrons. The molecule has 0 spiro atoms. The van der Waals surface area contributed by atoms with Crippen LogP contribution in [0.1, 0.15) is 19.8 Å². The number of nitrogens with zero attached hydrogens (tertiary/aromatic N) is 4. The Bertz CT molecular complexity index is 529. The van der Waals surface area contributed by atoms with Crippen LogP contribution in [0.3, 0.4) is 0 Å². The van der Waals surface area contributed by atoms with Crippen molar-refractivity contribution in [3.05, 3.63) is 12.5 Å². The highest BCUT2D eigenvalue weighted by Gasteiger charge is 2.27. The lowest BCUT2D eigenvalue weighted by atomic mass is 10.1. The van der Waals surface area contributed by atoms with Gasteiger partial charge in [0, 0.05) is 13.6 Å². The third kappa shape index (κ3) is 1.97. The van der Waals surface area contributed by atoms with E-state index in [1.54, 1.807) is 11.0 Å². The molecule has 3 rings (SSSR count). The van der Waals surface area contributed by atoms with Gasteiger partial charge in [0.15, 0.2) is 5.65 Å². The fourth-order valence-electron chi connectivity index (χ4n) is 2.19. The van der Waals surface area contributed by atoms with Crippen molar-refractivity contribution in [1.82, 2.24) is 19.7 Å². The largest absolute Gasteiger partial charge is 0.369 e. The quantitative estimate of drug-likeness (QED) is 0.872. The van der Waals surface area contributed by atoms with Gasteiger partial charge in [-0.1, -0.05) is 6.92 Å². The van der Waals surface area contributed by atoms with Crippen molar-refractivity contribution in [2.45, 2.75) is 19.8 Å². The number of aryl methyl sites for hydroxylation is 1. The van der Waals surface area contributed by atoms with E-state index in [2.05, 4.69) is 27.3 Å². The zero-order valence-electron chi connectivity index (χ0n) is 10.2. The molecule has 1 unspecified atom stereocenters. The zero-order chi connectivity index (χ0) is 11.8. The van der Waals surface area contributed by atoms with E-state index in [-0.39, 0.29) is 0 Å². The number of fused-ring (bicyclic) bond motifs is 1. The van der Waals surface area contributed by atoms with Gasteiger partial charge in [-0.25, -0.2) is 9.97 Å². The second-order valence-electron chi connectivity index (χ2n) is 4.92. The maximum absolute atomic E-state index is 4.30. The Balaban J connectivity index is 1.79. The standard InChI is InChI=1S/C12H17N5/c1-8(9-3-4-9)5-13-11-10-6-16-17(2)12(10)15-7-14-11/h6-9H,3-5H2,1-2H3,(H,13,14,15). The van der Waals surface area contributed by atoms with Crippen molar-refractivity contribution in [3.8, 4) is 0 Å². The fraction of sp³-hybridized carbons (Fsp3) is 0.583. The molecule has 5 nitrogen and oxygen atoms in total. The Morgan fingerprint density at radius 3 is 3.06 bits per heavy atom. The highest BCUT2D eigenvalue weighted by Crippen LogP contribution is 2.36. The molecule has 2 aromatic rings. The second kappa shape index (κ2) is 3.98. The maximum Gasteiger partial charge on any atom is 0.163 e. The Hall–Kier alpha value is -1.65. The van der Waals surface area contributed by atoms with Crippen molar-refractivity contribution in [3.63, 3.8) is 0 Å². The van der Waals surface area contributed by atoms with Crippen LogP contribution in [0.5, 0.6) is 0 Å². The summed E-state index contributed by atoms with van der Waals surface area (Å²) in [7, 11) is 1.89. The molecule has 1 atom stereocenters. The lowest BCUT2D eigenvalue weighted by Gasteiger charge is -2.12. The highest BCUT2D eigenvalue weighted by molar-refractivity contribution is 5.85. The summed E-state index contributed by atoms with van der Waals surface area (Å²) in [6, 6.07) is 0. The van der Waals surface area contributed by atoms with Crippen LogP contribution in [0.15, 0.2) is 12.5 Å². The van der Waals surface area contributed by atoms with Gasteiger partial charge in [-0.2, -0.15) is 5.10 Å². The average molecular weight is 231 g/mol. The molecule has 0 aliphatic heterocycles. The van der Waals surface area contributed by atoms with Crippen LogP contribution in [0.2, 0.25) is 0 Å². The summed E-state index contributed by atoms with van der Waals surface area (Å²) in [5.74, 6) is 2.53. The van der Waals surface area contributed by atoms with Crippen molar-refractivity contribution >= 4 is 16.9 Å². The summed E-state index contributed by atoms with van der Waals surface area (Å²) in [6.07, 6.45) is 6.18. The van der Waals surface area contributed by atoms with Gasteiger partial charge >= 0.3 is 0 Å². The van der Waals surface area contributed by atoms with E-state index in [1.165, 1.54) is 12.8 Å². The lowest BCUT2D eigenvalue weighted by molar-refractivity contribution is 0.536. The van der Waals surface area contributed by atoms with Crippen molar-refractivity contribution in [2.24, 2.45) is 18.9 Å². The van der Waals surface area contributed by atoms with Gasteiger partial charge < -0.3 is 5.32 Å². The monoisotopic (exact) mass is 231 g/mol. The van der Waals surface area contributed by atoms with Gasteiger partial charge in [0.05, 0.1) is 11.6 Å². The maximum atomic E-state index is 4.30. The van der Waals surface area contributed by atoms with E-state index in [4.69, 9.17) is 0 Å². The summed E-state index contributed by atoms with van der Waals surface area (Å²) < 4.78 is 1.77. The molecule has 0 saturated heterocycles. The molecule has 1 aliphatic carbocycles. The molecule has 2 heterocycles. The van der Waals surface area contributed by atoms with E-state index in [9.17, 15) is 0 Å². The van der Waals surface area contributed by atoms with E-state index >= 15 is 0 Å². The molecular weight excluding hydrogens is 214 g/mol. The number of hydrogen-bond donors (Lipinski definition) is 1. The molecule has 0 amide bonds. The molecule has 2 aromatic heterocycles. The van der Waals surface area contributed by atoms with Gasteiger partial charge in [-0.15, -0.1) is 0 Å². The Morgan fingerprint density at radius 1 is 1.47 bits per heavy atom. The molecule has 1 aliphatic rings. The zero-order valence-corrected chi connectivity index (χ0v) is 10.2. The van der Waals surface area contributed by atoms with E-state index in [0.717, 1.165) is 35.2 Å². The number of nitrogens with one attached hydrogen (secondary N) is 1. The minimum atomic E-state index is 0.719. The molecular formula is C12H17N5. The molecule has 0 bridgehead atoms. The van der Waals surface area contributed by atoms with Gasteiger partial charge in [0.1, 0.15) is 12.1 Å². The van der Waals surface area contributed by atoms with Gasteiger partial charge in [-0.05, 0) is 24.7 Å². The summed E-state index contributed by atoms with van der Waals surface area (Å²) in [6.45, 7) is 3.28. The molecule has 17 heavy (non-hydrogen) atoms. The van der Waals surface area contributed by atoms with Crippen LogP contribution in [0, 0.1) is 11.8 Å². The van der Waals surface area contributed by atoms with Crippen molar-refractivity contribution < 1.29 is 0 Å². The number of rotatable bonds is 4. The Morgan fingerprint density at radius 2 is 2.29 bits per heavy atom. The summed E-state index contributed by atoms with van der Waals surface area (Å²) in [4.78, 5) is 8.52. The number of hydrogen-bond acceptors (Lipinski definition) is 4. The minimum Gasteiger partial charge on any atom is -0.369 e. The molecule has 1 N–H and O–H groups in total. The van der Waals surface area contributed by atoms with Gasteiger partial charge in [-0.3, -0.25) is 4.68 Å². The SMILES string of the molecule is CC(CNc1ncnc2c1cnn2C)C1CC1. The number of anilines is 1. The van der Waals surface area contributed by atoms with Crippen LogP contribution < -0.4 is 5.32 Å². The predicted octanol–water partition coefficient (Wildman–Crippen LogP) is 1.82. The smallest absolute Gasteiger partial charge is 0.163 e. The van der Waals surface area contributed by atoms with Gasteiger partial charge in [0.2, 0.25) is 0 Å². The molecule has 1 saturated carbocycles. The fourth-order valence-corrected chi connectivity index (χ4v) is 2.19. The summed E-state index contributed by atoms with van der Waals surface area (Å²) in [5, 5.41) is 8.62. The molecule has 0 aromatic carbocycles. The van der Waals surface area contributed by atoms with E-state index in [1.807, 2.05) is 13.2 Å². The minimum absolute atomic E-state index is 0.719. The topological polar surface area (TPSA) is 55.6 Å². The van der Waals surface area contributed by atoms with Crippen LogP contribution in [0.4, 0.5) is 5.82 Å². The van der Waals surface area contributed by atoms with Crippen LogP contribution >= 0.6 is 0 Å². The van der Waals surface area contributed by atoms with Crippen LogP contribution in [-0.4, -0.2) is 26.3 Å². The molecule has 1 fully saturated rings. The van der Waals surface area contributed by atoms with Crippen molar-refractivity contribution in [1.29, 1.82) is 0 Å². The third-order valence-electron chi connectivity index (χ3n) is 3.55. The first kappa shape index (κ1) is 10.5. The van der Waals surface area contributed by atoms with Crippen LogP contribution in [0.25, 0.3) is 11.0 Å². The first-order valence-electron chi connectivity index (χ1n) is 6.12. The first-order valence-corrected chi connectivity index (χ1v) is 6.12. The predicted molar refractivity (Wildman–Crippen MR) is 66.7 cm³/mol. The highest BCUT2D eigenvalue weighted by atomic mass is 15.3. The molecule has 0 radical (unpaired) electrons. The van der Waals surface area contributed by atoms with Crippen molar-refractivity contribution in [2.75, 3.05) is 11.9 Å². The van der Waals surface area contributed by atoms with Crippen LogP contribution in [-0.2, 0) is 7.05 Å². The lowest BCUT2D eigenvalue weighted by Crippen LogP contribution is -2.14. The molecule has 5 heteroatoms. The normalized spacial score (nSPS) is 17.3. The average Bonchev–Trinajstić information content (AvgIpc) is 3.12. The Kier molecular flexibility index (Phi) is 2.46. The first-order chi connectivity index (χ1) is 8.25. The Labute approximate surface area is 100 Å². The third-order valence-corrected chi connectivity index (χ3v) is 3.55. The summed E-state index contributed by atoms with van der Waals surface area (Å²) in [5.41, 5.74) is 0.876. The van der Waals surface area contributed by atoms with Gasteiger partial charge in [0.25, 0.3) is 0 Å². The van der Waals surface area contributed by atoms with E-state index in [0.29, 0.717) is 0 Å². The number of aromatic nitrogens is 4.